The summed E-state index contributed by atoms with van der Waals surface area (Å²) in [5, 5.41) is 0. The Morgan fingerprint density at radius 2 is 2.00 bits per heavy atom. The first kappa shape index (κ1) is 17.7. The van der Waals surface area contributed by atoms with Crippen molar-refractivity contribution in [1.82, 2.24) is 14.8 Å². The summed E-state index contributed by atoms with van der Waals surface area (Å²) in [5.41, 5.74) is 0.543. The minimum absolute atomic E-state index is 0.0480. The Morgan fingerprint density at radius 3 is 2.60 bits per heavy atom. The van der Waals surface area contributed by atoms with E-state index in [0.29, 0.717) is 37.7 Å². The van der Waals surface area contributed by atoms with E-state index in [1.807, 2.05) is 9.80 Å². The number of hydrogen-bond donors (Lipinski definition) is 0. The molecule has 2 saturated heterocycles. The molecule has 3 heterocycles. The standard InChI is InChI=1S/C18H25N3O4/c1-13(22)21(15-6-9-25-10-7-15)16-5-8-20(12-16)18(23)14-3-4-17(24-2)19-11-14/h3-4,11,15-16H,5-10,12H2,1-2H3. The molecule has 1 unspecified atom stereocenters. The van der Waals surface area contributed by atoms with Crippen LogP contribution in [-0.2, 0) is 9.53 Å². The maximum absolute atomic E-state index is 12.7. The molecule has 0 N–H and O–H groups in total. The fourth-order valence-electron chi connectivity index (χ4n) is 3.74. The van der Waals surface area contributed by atoms with Gasteiger partial charge in [-0.3, -0.25) is 9.59 Å². The quantitative estimate of drug-likeness (QED) is 0.822. The van der Waals surface area contributed by atoms with Crippen molar-refractivity contribution in [3.63, 3.8) is 0 Å². The van der Waals surface area contributed by atoms with Crippen LogP contribution >= 0.6 is 0 Å². The second-order valence-corrected chi connectivity index (χ2v) is 6.55. The van der Waals surface area contributed by atoms with Crippen LogP contribution in [-0.4, -0.2) is 72.1 Å². The van der Waals surface area contributed by atoms with Crippen molar-refractivity contribution in [3.8, 4) is 5.88 Å². The number of ether oxygens (including phenoxy) is 2. The summed E-state index contributed by atoms with van der Waals surface area (Å²) in [6.07, 6.45) is 4.08. The van der Waals surface area contributed by atoms with Crippen LogP contribution in [0.1, 0.15) is 36.5 Å². The molecule has 1 atom stereocenters. The van der Waals surface area contributed by atoms with Crippen molar-refractivity contribution in [2.45, 2.75) is 38.3 Å². The Morgan fingerprint density at radius 1 is 1.24 bits per heavy atom. The number of carbonyl (C=O) groups excluding carboxylic acids is 2. The summed E-state index contributed by atoms with van der Waals surface area (Å²) in [6.45, 7) is 4.24. The molecule has 136 valence electrons. The lowest BCUT2D eigenvalue weighted by molar-refractivity contribution is -0.135. The summed E-state index contributed by atoms with van der Waals surface area (Å²) in [4.78, 5) is 32.8. The van der Waals surface area contributed by atoms with Gasteiger partial charge in [0.25, 0.3) is 5.91 Å². The SMILES string of the molecule is COc1ccc(C(=O)N2CCC(N(C(C)=O)C3CCOCC3)C2)cn1. The van der Waals surface area contributed by atoms with Crippen LogP contribution in [0.2, 0.25) is 0 Å². The fraction of sp³-hybridized carbons (Fsp3) is 0.611. The minimum atomic E-state index is -0.0480. The predicted molar refractivity (Wildman–Crippen MR) is 91.5 cm³/mol. The van der Waals surface area contributed by atoms with Gasteiger partial charge in [-0.2, -0.15) is 0 Å². The molecule has 0 radical (unpaired) electrons. The molecule has 2 aliphatic heterocycles. The largest absolute Gasteiger partial charge is 0.481 e. The monoisotopic (exact) mass is 347 g/mol. The van der Waals surface area contributed by atoms with Crippen LogP contribution in [0.3, 0.4) is 0 Å². The maximum Gasteiger partial charge on any atom is 0.255 e. The molecule has 0 bridgehead atoms. The summed E-state index contributed by atoms with van der Waals surface area (Å²) < 4.78 is 10.4. The van der Waals surface area contributed by atoms with E-state index < -0.39 is 0 Å². The lowest BCUT2D eigenvalue weighted by Gasteiger charge is -2.37. The van der Waals surface area contributed by atoms with Crippen LogP contribution < -0.4 is 4.74 Å². The Kier molecular flexibility index (Phi) is 5.53. The molecule has 7 heteroatoms. The molecule has 2 amide bonds. The van der Waals surface area contributed by atoms with Gasteiger partial charge in [0.1, 0.15) is 0 Å². The van der Waals surface area contributed by atoms with Gasteiger partial charge in [-0.25, -0.2) is 4.98 Å². The molecule has 0 aromatic carbocycles. The molecule has 2 fully saturated rings. The van der Waals surface area contributed by atoms with Crippen molar-refractivity contribution in [2.24, 2.45) is 0 Å². The van der Waals surface area contributed by atoms with E-state index >= 15 is 0 Å². The number of methoxy groups -OCH3 is 1. The van der Waals surface area contributed by atoms with Gasteiger partial charge in [-0.15, -0.1) is 0 Å². The van der Waals surface area contributed by atoms with Gasteiger partial charge in [0.15, 0.2) is 0 Å². The zero-order valence-corrected chi connectivity index (χ0v) is 14.8. The second kappa shape index (κ2) is 7.82. The van der Waals surface area contributed by atoms with Crippen molar-refractivity contribution in [3.05, 3.63) is 23.9 Å². The van der Waals surface area contributed by atoms with E-state index in [0.717, 1.165) is 19.3 Å². The van der Waals surface area contributed by atoms with Gasteiger partial charge >= 0.3 is 0 Å². The second-order valence-electron chi connectivity index (χ2n) is 6.55. The molecule has 25 heavy (non-hydrogen) atoms. The Labute approximate surface area is 147 Å². The number of likely N-dealkylation sites (tertiary alicyclic amines) is 1. The summed E-state index contributed by atoms with van der Waals surface area (Å²) in [5.74, 6) is 0.517. The van der Waals surface area contributed by atoms with Crippen LogP contribution in [0.5, 0.6) is 5.88 Å². The number of carbonyl (C=O) groups is 2. The maximum atomic E-state index is 12.7. The number of pyridine rings is 1. The molecule has 0 saturated carbocycles. The van der Waals surface area contributed by atoms with Crippen molar-refractivity contribution in [2.75, 3.05) is 33.4 Å². The fourth-order valence-corrected chi connectivity index (χ4v) is 3.74. The average Bonchev–Trinajstić information content (AvgIpc) is 3.11. The normalized spacial score (nSPS) is 21.2. The van der Waals surface area contributed by atoms with Gasteiger partial charge in [-0.1, -0.05) is 0 Å². The highest BCUT2D eigenvalue weighted by Gasteiger charge is 2.36. The van der Waals surface area contributed by atoms with E-state index in [1.54, 1.807) is 26.2 Å². The summed E-state index contributed by atoms with van der Waals surface area (Å²) in [6, 6.07) is 3.71. The van der Waals surface area contributed by atoms with E-state index in [2.05, 4.69) is 4.98 Å². The first-order chi connectivity index (χ1) is 12.1. The number of rotatable bonds is 4. The van der Waals surface area contributed by atoms with Gasteiger partial charge < -0.3 is 19.3 Å². The highest BCUT2D eigenvalue weighted by atomic mass is 16.5. The number of aromatic nitrogens is 1. The molecule has 1 aromatic rings. The third-order valence-corrected chi connectivity index (χ3v) is 4.98. The molecule has 0 aliphatic carbocycles. The lowest BCUT2D eigenvalue weighted by atomic mass is 10.0. The van der Waals surface area contributed by atoms with E-state index in [1.165, 1.54) is 6.20 Å². The molecule has 7 nitrogen and oxygen atoms in total. The first-order valence-electron chi connectivity index (χ1n) is 8.76. The summed E-state index contributed by atoms with van der Waals surface area (Å²) in [7, 11) is 1.54. The third-order valence-electron chi connectivity index (χ3n) is 4.98. The zero-order valence-electron chi connectivity index (χ0n) is 14.8. The lowest BCUT2D eigenvalue weighted by Crippen LogP contribution is -2.49. The Hall–Kier alpha value is -2.15. The number of amides is 2. The smallest absolute Gasteiger partial charge is 0.255 e. The third kappa shape index (κ3) is 3.92. The highest BCUT2D eigenvalue weighted by Crippen LogP contribution is 2.24. The number of nitrogens with zero attached hydrogens (tertiary/aromatic N) is 3. The van der Waals surface area contributed by atoms with E-state index in [9.17, 15) is 9.59 Å². The van der Waals surface area contributed by atoms with Crippen LogP contribution in [0, 0.1) is 0 Å². The first-order valence-corrected chi connectivity index (χ1v) is 8.76. The van der Waals surface area contributed by atoms with Crippen LogP contribution in [0.25, 0.3) is 0 Å². The van der Waals surface area contributed by atoms with Crippen molar-refractivity contribution < 1.29 is 19.1 Å². The number of hydrogen-bond acceptors (Lipinski definition) is 5. The molecule has 1 aromatic heterocycles. The minimum Gasteiger partial charge on any atom is -0.481 e. The topological polar surface area (TPSA) is 72.0 Å². The van der Waals surface area contributed by atoms with E-state index in [4.69, 9.17) is 9.47 Å². The predicted octanol–water partition coefficient (Wildman–Crippen LogP) is 1.33. The molecule has 2 aliphatic rings. The van der Waals surface area contributed by atoms with Gasteiger partial charge in [0.2, 0.25) is 11.8 Å². The zero-order chi connectivity index (χ0) is 17.8. The van der Waals surface area contributed by atoms with Crippen LogP contribution in [0.15, 0.2) is 18.3 Å². The molecule has 0 spiro atoms. The Bertz CT molecular complexity index is 613. The van der Waals surface area contributed by atoms with Gasteiger partial charge in [-0.05, 0) is 25.3 Å². The molecule has 3 rings (SSSR count). The molecular formula is C18H25N3O4. The average molecular weight is 347 g/mol. The Balaban J connectivity index is 1.66. The van der Waals surface area contributed by atoms with Crippen molar-refractivity contribution in [1.29, 1.82) is 0 Å². The van der Waals surface area contributed by atoms with Gasteiger partial charge in [0, 0.05) is 51.5 Å². The highest BCUT2D eigenvalue weighted by molar-refractivity contribution is 5.94. The van der Waals surface area contributed by atoms with Gasteiger partial charge in [0.05, 0.1) is 18.7 Å². The van der Waals surface area contributed by atoms with Crippen LogP contribution in [0.4, 0.5) is 0 Å². The molecular weight excluding hydrogens is 322 g/mol. The van der Waals surface area contributed by atoms with Crippen molar-refractivity contribution >= 4 is 11.8 Å². The summed E-state index contributed by atoms with van der Waals surface area (Å²) >= 11 is 0. The van der Waals surface area contributed by atoms with E-state index in [-0.39, 0.29) is 23.9 Å².